The van der Waals surface area contributed by atoms with Gasteiger partial charge in [0, 0.05) is 0 Å². The summed E-state index contributed by atoms with van der Waals surface area (Å²) >= 11 is 0. The number of nitrogen functional groups attached to an aromatic ring is 2. The zero-order valence-corrected chi connectivity index (χ0v) is 24.9. The first-order valence-corrected chi connectivity index (χ1v) is 14.1. The van der Waals surface area contributed by atoms with Gasteiger partial charge in [-0.15, -0.1) is 10.2 Å². The highest BCUT2D eigenvalue weighted by molar-refractivity contribution is 5.91. The normalized spacial score (nSPS) is 11.5. The van der Waals surface area contributed by atoms with Crippen LogP contribution in [-0.2, 0) is 11.2 Å². The lowest BCUT2D eigenvalue weighted by atomic mass is 10.1. The van der Waals surface area contributed by atoms with Gasteiger partial charge >= 0.3 is 11.9 Å². The van der Waals surface area contributed by atoms with Crippen LogP contribution in [0.3, 0.4) is 0 Å². The minimum Gasteiger partial charge on any atom is -0.507 e. The van der Waals surface area contributed by atoms with Gasteiger partial charge in [-0.2, -0.15) is 20.5 Å². The summed E-state index contributed by atoms with van der Waals surface area (Å²) in [5.41, 5.74) is 18.7. The van der Waals surface area contributed by atoms with Gasteiger partial charge in [0.1, 0.15) is 22.7 Å². The number of azo groups is 3. The highest BCUT2D eigenvalue weighted by atomic mass is 16.4. The molecule has 0 heterocycles. The molecule has 0 aliphatic rings. The van der Waals surface area contributed by atoms with Crippen molar-refractivity contribution in [2.75, 3.05) is 11.5 Å². The molecule has 13 nitrogen and oxygen atoms in total. The lowest BCUT2D eigenvalue weighted by Gasteiger charge is -2.09. The molecule has 0 aromatic heterocycles. The van der Waals surface area contributed by atoms with Gasteiger partial charge in [-0.25, -0.2) is 4.79 Å². The molecule has 0 saturated carbocycles. The van der Waals surface area contributed by atoms with Gasteiger partial charge in [0.05, 0.1) is 40.5 Å². The molecular weight excluding hydrogens is 600 g/mol. The van der Waals surface area contributed by atoms with Gasteiger partial charge in [-0.1, -0.05) is 36.4 Å². The van der Waals surface area contributed by atoms with Gasteiger partial charge in [-0.3, -0.25) is 4.79 Å². The second-order valence-corrected chi connectivity index (χ2v) is 10.3. The molecule has 0 aliphatic carbocycles. The van der Waals surface area contributed by atoms with Crippen LogP contribution in [0.4, 0.5) is 45.5 Å². The van der Waals surface area contributed by atoms with Crippen molar-refractivity contribution in [2.24, 2.45) is 30.7 Å². The van der Waals surface area contributed by atoms with Crippen molar-refractivity contribution in [3.8, 4) is 16.9 Å². The summed E-state index contributed by atoms with van der Waals surface area (Å²) in [6, 6.07) is 27.1. The maximum absolute atomic E-state index is 11.2. The number of aromatic carboxylic acids is 1. The Morgan fingerprint density at radius 1 is 0.617 bits per heavy atom. The number of carboxylic acid groups (broad SMARTS) is 2. The van der Waals surface area contributed by atoms with Gasteiger partial charge in [-0.05, 0) is 89.8 Å². The van der Waals surface area contributed by atoms with Crippen LogP contribution in [0.15, 0.2) is 128 Å². The third kappa shape index (κ3) is 7.85. The van der Waals surface area contributed by atoms with Crippen LogP contribution >= 0.6 is 0 Å². The maximum atomic E-state index is 11.2. The number of aliphatic carboxylic acids is 1. The highest BCUT2D eigenvalue weighted by Crippen LogP contribution is 2.41. The van der Waals surface area contributed by atoms with E-state index in [-0.39, 0.29) is 29.1 Å². The Morgan fingerprint density at radius 3 is 1.66 bits per heavy atom. The molecular formula is C34H28N8O5. The zero-order chi connectivity index (χ0) is 33.5. The molecule has 7 N–H and O–H groups in total. The van der Waals surface area contributed by atoms with Gasteiger partial charge < -0.3 is 26.8 Å². The summed E-state index contributed by atoms with van der Waals surface area (Å²) in [5, 5.41) is 53.1. The number of hydrogen-bond acceptors (Lipinski definition) is 11. The topological polar surface area (TPSA) is 221 Å². The Balaban J connectivity index is 1.27. The van der Waals surface area contributed by atoms with Crippen LogP contribution in [0, 0.1) is 6.92 Å². The predicted molar refractivity (Wildman–Crippen MR) is 177 cm³/mol. The number of anilines is 2. The van der Waals surface area contributed by atoms with Crippen molar-refractivity contribution >= 4 is 57.4 Å². The van der Waals surface area contributed by atoms with E-state index in [2.05, 4.69) is 30.7 Å². The molecule has 5 aromatic rings. The van der Waals surface area contributed by atoms with Crippen molar-refractivity contribution in [3.63, 3.8) is 0 Å². The minimum absolute atomic E-state index is 0.0862. The van der Waals surface area contributed by atoms with Crippen molar-refractivity contribution in [3.05, 3.63) is 114 Å². The molecule has 47 heavy (non-hydrogen) atoms. The van der Waals surface area contributed by atoms with E-state index in [0.29, 0.717) is 45.3 Å². The van der Waals surface area contributed by atoms with Gasteiger partial charge in [0.25, 0.3) is 0 Å². The van der Waals surface area contributed by atoms with E-state index in [1.54, 1.807) is 49.4 Å². The Bertz CT molecular complexity index is 2040. The predicted octanol–water partition coefficient (Wildman–Crippen LogP) is 9.10. The molecule has 5 aromatic carbocycles. The smallest absolute Gasteiger partial charge is 0.339 e. The van der Waals surface area contributed by atoms with E-state index in [4.69, 9.17) is 21.7 Å². The minimum atomic E-state index is -1.26. The number of aryl methyl sites for hydroxylation is 1. The largest absolute Gasteiger partial charge is 0.507 e. The van der Waals surface area contributed by atoms with E-state index >= 15 is 0 Å². The summed E-state index contributed by atoms with van der Waals surface area (Å²) in [5.74, 6) is -2.52. The quantitative estimate of drug-likeness (QED) is 0.0744. The monoisotopic (exact) mass is 628 g/mol. The summed E-state index contributed by atoms with van der Waals surface area (Å²) in [6.07, 6.45) is -0.0862. The fourth-order valence-electron chi connectivity index (χ4n) is 4.39. The molecule has 13 heteroatoms. The molecule has 0 amide bonds. The SMILES string of the molecule is Cc1cc(N=Nc2ccc(-c3ccc(N=Nc4ccc(O)c(C(=O)O)c4)cc3)cc2)c(N)c(N=Nc2ccc(CC(=O)O)cc2)c1N. The van der Waals surface area contributed by atoms with E-state index in [9.17, 15) is 14.7 Å². The molecule has 5 rings (SSSR count). The molecule has 0 atom stereocenters. The van der Waals surface area contributed by atoms with Crippen LogP contribution in [0.2, 0.25) is 0 Å². The number of nitrogens with zero attached hydrogens (tertiary/aromatic N) is 6. The number of carbonyl (C=O) groups is 2. The Kier molecular flexibility index (Phi) is 9.37. The molecule has 0 aliphatic heterocycles. The highest BCUT2D eigenvalue weighted by Gasteiger charge is 2.13. The van der Waals surface area contributed by atoms with Gasteiger partial charge in [0.2, 0.25) is 0 Å². The number of nitrogens with two attached hydrogens (primary N) is 2. The second kappa shape index (κ2) is 13.9. The third-order valence-electron chi connectivity index (χ3n) is 6.95. The molecule has 234 valence electrons. The average molecular weight is 629 g/mol. The Hall–Kier alpha value is -6.76. The molecule has 0 bridgehead atoms. The van der Waals surface area contributed by atoms with E-state index < -0.39 is 11.9 Å². The summed E-state index contributed by atoms with van der Waals surface area (Å²) in [4.78, 5) is 22.1. The zero-order valence-electron chi connectivity index (χ0n) is 24.9. The summed E-state index contributed by atoms with van der Waals surface area (Å²) in [6.45, 7) is 1.80. The standard InChI is InChI=1S/C34H28N8O5/c1-19-16-28(32(36)33(31(19)35)42-39-23-8-2-20(3-9-23)17-30(44)45)41-38-25-12-6-22(7-13-25)21-4-10-24(11-5-21)37-40-26-14-15-29(43)27(18-26)34(46)47/h2-16,18,43H,17,35-36H2,1H3,(H,44,45)(H,46,47). The summed E-state index contributed by atoms with van der Waals surface area (Å²) < 4.78 is 0. The van der Waals surface area contributed by atoms with E-state index in [1.807, 2.05) is 36.4 Å². The Labute approximate surface area is 268 Å². The van der Waals surface area contributed by atoms with Crippen molar-refractivity contribution in [1.29, 1.82) is 0 Å². The van der Waals surface area contributed by atoms with Crippen molar-refractivity contribution in [2.45, 2.75) is 13.3 Å². The first kappa shape index (κ1) is 31.7. The maximum Gasteiger partial charge on any atom is 0.339 e. The number of phenols is 1. The lowest BCUT2D eigenvalue weighted by molar-refractivity contribution is -0.136. The summed E-state index contributed by atoms with van der Waals surface area (Å²) in [7, 11) is 0. The first-order valence-electron chi connectivity index (χ1n) is 14.1. The molecule has 0 spiro atoms. The number of benzene rings is 5. The number of aromatic hydroxyl groups is 1. The van der Waals surface area contributed by atoms with Crippen LogP contribution in [0.25, 0.3) is 11.1 Å². The average Bonchev–Trinajstić information content (AvgIpc) is 3.06. The fourth-order valence-corrected chi connectivity index (χ4v) is 4.39. The van der Waals surface area contributed by atoms with Gasteiger partial charge in [0.15, 0.2) is 0 Å². The van der Waals surface area contributed by atoms with E-state index in [0.717, 1.165) is 11.1 Å². The second-order valence-electron chi connectivity index (χ2n) is 10.3. The van der Waals surface area contributed by atoms with Crippen molar-refractivity contribution < 1.29 is 24.9 Å². The van der Waals surface area contributed by atoms with Crippen molar-refractivity contribution in [1.82, 2.24) is 0 Å². The first-order chi connectivity index (χ1) is 22.6. The molecule has 0 fully saturated rings. The molecule has 0 unspecified atom stereocenters. The van der Waals surface area contributed by atoms with Crippen LogP contribution in [0.1, 0.15) is 21.5 Å². The number of carboxylic acids is 2. The lowest BCUT2D eigenvalue weighted by Crippen LogP contribution is -1.99. The number of rotatable bonds is 10. The van der Waals surface area contributed by atoms with Crippen LogP contribution in [0.5, 0.6) is 5.75 Å². The van der Waals surface area contributed by atoms with Crippen LogP contribution in [-0.4, -0.2) is 27.3 Å². The number of hydrogen-bond donors (Lipinski definition) is 5. The van der Waals surface area contributed by atoms with Crippen LogP contribution < -0.4 is 11.5 Å². The fraction of sp³-hybridized carbons (Fsp3) is 0.0588. The third-order valence-corrected chi connectivity index (χ3v) is 6.95. The molecule has 0 radical (unpaired) electrons. The Morgan fingerprint density at radius 2 is 1.11 bits per heavy atom. The van der Waals surface area contributed by atoms with E-state index in [1.165, 1.54) is 18.2 Å². The molecule has 0 saturated heterocycles.